The molecule has 0 N–H and O–H groups in total. The minimum atomic E-state index is -0.00285. The Hall–Kier alpha value is -0.620. The molecule has 2 atom stereocenters. The van der Waals surface area contributed by atoms with Crippen molar-refractivity contribution >= 4 is 17.2 Å². The van der Waals surface area contributed by atoms with Gasteiger partial charge in [0.1, 0.15) is 6.04 Å². The van der Waals surface area contributed by atoms with E-state index in [4.69, 9.17) is 17.5 Å². The van der Waals surface area contributed by atoms with E-state index < -0.39 is 0 Å². The first kappa shape index (κ1) is 13.4. The fourth-order valence-electron chi connectivity index (χ4n) is 2.39. The Kier molecular flexibility index (Phi) is 5.76. The van der Waals surface area contributed by atoms with Gasteiger partial charge in [0.05, 0.1) is 11.1 Å². The molecule has 1 saturated heterocycles. The Bertz CT molecular complexity index is 270. The zero-order valence-electron chi connectivity index (χ0n) is 10.4. The quantitative estimate of drug-likeness (QED) is 0.686. The first-order valence-electron chi connectivity index (χ1n) is 6.44. The van der Waals surface area contributed by atoms with Gasteiger partial charge in [-0.25, -0.2) is 0 Å². The highest BCUT2D eigenvalue weighted by Crippen LogP contribution is 2.26. The normalized spacial score (nSPS) is 22.9. The lowest BCUT2D eigenvalue weighted by molar-refractivity contribution is 0.290. The SMILES string of the molecule is CCCCC1CCCN(C(C#N)CC)C1=S. The smallest absolute Gasteiger partial charge is 0.117 e. The van der Waals surface area contributed by atoms with Crippen molar-refractivity contribution in [3.8, 4) is 6.07 Å². The lowest BCUT2D eigenvalue weighted by Crippen LogP contribution is -2.45. The van der Waals surface area contributed by atoms with Crippen LogP contribution in [0.1, 0.15) is 52.4 Å². The van der Waals surface area contributed by atoms with E-state index in [1.165, 1.54) is 32.1 Å². The van der Waals surface area contributed by atoms with Crippen molar-refractivity contribution in [2.45, 2.75) is 58.4 Å². The maximum absolute atomic E-state index is 9.11. The first-order chi connectivity index (χ1) is 7.74. The van der Waals surface area contributed by atoms with Crippen LogP contribution in [-0.2, 0) is 0 Å². The van der Waals surface area contributed by atoms with Crippen molar-refractivity contribution in [2.24, 2.45) is 5.92 Å². The summed E-state index contributed by atoms with van der Waals surface area (Å²) < 4.78 is 0. The third-order valence-electron chi connectivity index (χ3n) is 3.40. The van der Waals surface area contributed by atoms with Gasteiger partial charge in [-0.3, -0.25) is 0 Å². The molecule has 16 heavy (non-hydrogen) atoms. The maximum Gasteiger partial charge on any atom is 0.117 e. The molecule has 1 fully saturated rings. The van der Waals surface area contributed by atoms with Crippen LogP contribution in [0.15, 0.2) is 0 Å². The molecular weight excluding hydrogens is 216 g/mol. The second kappa shape index (κ2) is 6.85. The van der Waals surface area contributed by atoms with Crippen LogP contribution in [0.2, 0.25) is 0 Å². The summed E-state index contributed by atoms with van der Waals surface area (Å²) in [6.45, 7) is 5.26. The second-order valence-electron chi connectivity index (χ2n) is 4.57. The average molecular weight is 238 g/mol. The standard InChI is InChI=1S/C13H22N2S/c1-3-5-7-11-8-6-9-15(13(11)16)12(4-2)10-14/h11-12H,3-9H2,1-2H3. The van der Waals surface area contributed by atoms with E-state index in [2.05, 4.69) is 24.8 Å². The first-order valence-corrected chi connectivity index (χ1v) is 6.85. The number of unbranched alkanes of at least 4 members (excludes halogenated alkanes) is 1. The number of likely N-dealkylation sites (tertiary alicyclic amines) is 1. The Labute approximate surface area is 105 Å². The molecule has 0 bridgehead atoms. The van der Waals surface area contributed by atoms with Crippen LogP contribution in [0.5, 0.6) is 0 Å². The molecule has 0 aromatic carbocycles. The van der Waals surface area contributed by atoms with Crippen molar-refractivity contribution in [1.82, 2.24) is 4.90 Å². The molecule has 2 nitrogen and oxygen atoms in total. The van der Waals surface area contributed by atoms with Crippen LogP contribution in [0.3, 0.4) is 0 Å². The average Bonchev–Trinajstić information content (AvgIpc) is 2.31. The van der Waals surface area contributed by atoms with Crippen molar-refractivity contribution in [3.05, 3.63) is 0 Å². The zero-order chi connectivity index (χ0) is 12.0. The molecule has 1 rings (SSSR count). The molecule has 0 aliphatic carbocycles. The number of nitrogens with zero attached hydrogens (tertiary/aromatic N) is 2. The van der Waals surface area contributed by atoms with E-state index >= 15 is 0 Å². The molecule has 1 heterocycles. The van der Waals surface area contributed by atoms with E-state index in [0.29, 0.717) is 5.92 Å². The van der Waals surface area contributed by atoms with Gasteiger partial charge >= 0.3 is 0 Å². The van der Waals surface area contributed by atoms with Gasteiger partial charge < -0.3 is 4.90 Å². The Balaban J connectivity index is 2.60. The molecular formula is C13H22N2S. The summed E-state index contributed by atoms with van der Waals surface area (Å²) in [5.74, 6) is 0.547. The summed E-state index contributed by atoms with van der Waals surface area (Å²) in [5, 5.41) is 9.11. The fraction of sp³-hybridized carbons (Fsp3) is 0.846. The third-order valence-corrected chi connectivity index (χ3v) is 3.97. The number of hydrogen-bond acceptors (Lipinski definition) is 2. The predicted molar refractivity (Wildman–Crippen MR) is 71.2 cm³/mol. The molecule has 0 radical (unpaired) electrons. The summed E-state index contributed by atoms with van der Waals surface area (Å²) in [6.07, 6.45) is 6.96. The van der Waals surface area contributed by atoms with Crippen molar-refractivity contribution in [1.29, 1.82) is 5.26 Å². The molecule has 0 aromatic rings. The summed E-state index contributed by atoms with van der Waals surface area (Å²) in [5.41, 5.74) is 0. The molecule has 0 amide bonds. The van der Waals surface area contributed by atoms with Gasteiger partial charge in [0, 0.05) is 12.5 Å². The summed E-state index contributed by atoms with van der Waals surface area (Å²) in [6, 6.07) is 2.36. The monoisotopic (exact) mass is 238 g/mol. The Morgan fingerprint density at radius 1 is 1.56 bits per heavy atom. The Morgan fingerprint density at radius 2 is 2.31 bits per heavy atom. The van der Waals surface area contributed by atoms with Gasteiger partial charge in [-0.1, -0.05) is 38.9 Å². The number of nitriles is 1. The van der Waals surface area contributed by atoms with Crippen molar-refractivity contribution < 1.29 is 0 Å². The molecule has 0 saturated carbocycles. The van der Waals surface area contributed by atoms with Gasteiger partial charge in [0.2, 0.25) is 0 Å². The minimum Gasteiger partial charge on any atom is -0.350 e. The molecule has 0 aromatic heterocycles. The van der Waals surface area contributed by atoms with Gasteiger partial charge in [0.25, 0.3) is 0 Å². The fourth-order valence-corrected chi connectivity index (χ4v) is 2.84. The van der Waals surface area contributed by atoms with E-state index in [9.17, 15) is 0 Å². The van der Waals surface area contributed by atoms with Gasteiger partial charge in [-0.15, -0.1) is 0 Å². The van der Waals surface area contributed by atoms with E-state index in [0.717, 1.165) is 18.0 Å². The molecule has 0 spiro atoms. The molecule has 3 heteroatoms. The second-order valence-corrected chi connectivity index (χ2v) is 4.98. The minimum absolute atomic E-state index is 0.00285. The number of hydrogen-bond donors (Lipinski definition) is 0. The lowest BCUT2D eigenvalue weighted by atomic mass is 9.91. The van der Waals surface area contributed by atoms with Gasteiger partial charge in [-0.05, 0) is 25.7 Å². The number of thiocarbonyl (C=S) groups is 1. The Morgan fingerprint density at radius 3 is 2.88 bits per heavy atom. The van der Waals surface area contributed by atoms with Crippen LogP contribution in [0, 0.1) is 17.2 Å². The van der Waals surface area contributed by atoms with E-state index in [1.54, 1.807) is 0 Å². The highest BCUT2D eigenvalue weighted by atomic mass is 32.1. The number of rotatable bonds is 5. The molecule has 2 unspecified atom stereocenters. The lowest BCUT2D eigenvalue weighted by Gasteiger charge is -2.37. The van der Waals surface area contributed by atoms with Crippen LogP contribution >= 0.6 is 12.2 Å². The van der Waals surface area contributed by atoms with Crippen LogP contribution < -0.4 is 0 Å². The molecule has 90 valence electrons. The third kappa shape index (κ3) is 3.18. The van der Waals surface area contributed by atoms with Crippen molar-refractivity contribution in [3.63, 3.8) is 0 Å². The van der Waals surface area contributed by atoms with Crippen LogP contribution in [-0.4, -0.2) is 22.5 Å². The number of piperidine rings is 1. The topological polar surface area (TPSA) is 27.0 Å². The van der Waals surface area contributed by atoms with Gasteiger partial charge in [0.15, 0.2) is 0 Å². The maximum atomic E-state index is 9.11. The van der Waals surface area contributed by atoms with Crippen LogP contribution in [0.25, 0.3) is 0 Å². The van der Waals surface area contributed by atoms with Crippen LogP contribution in [0.4, 0.5) is 0 Å². The zero-order valence-corrected chi connectivity index (χ0v) is 11.2. The van der Waals surface area contributed by atoms with E-state index in [-0.39, 0.29) is 6.04 Å². The largest absolute Gasteiger partial charge is 0.350 e. The highest BCUT2D eigenvalue weighted by Gasteiger charge is 2.28. The predicted octanol–water partition coefficient (Wildman–Crippen LogP) is 3.52. The van der Waals surface area contributed by atoms with E-state index in [1.807, 2.05) is 0 Å². The molecule has 1 aliphatic rings. The summed E-state index contributed by atoms with van der Waals surface area (Å²) in [7, 11) is 0. The summed E-state index contributed by atoms with van der Waals surface area (Å²) >= 11 is 5.55. The molecule has 1 aliphatic heterocycles. The van der Waals surface area contributed by atoms with Gasteiger partial charge in [-0.2, -0.15) is 5.26 Å². The summed E-state index contributed by atoms with van der Waals surface area (Å²) in [4.78, 5) is 3.22. The highest BCUT2D eigenvalue weighted by molar-refractivity contribution is 7.80. The van der Waals surface area contributed by atoms with Crippen molar-refractivity contribution in [2.75, 3.05) is 6.54 Å².